The Balaban J connectivity index is 0.905. The lowest BCUT2D eigenvalue weighted by atomic mass is 9.33. The average molecular weight is 1350 g/mol. The maximum atomic E-state index is 9.53. The number of fused-ring (bicyclic) bond motifs is 17. The molecule has 0 atom stereocenters. The van der Waals surface area contributed by atoms with Gasteiger partial charge in [0.05, 0.1) is 28.3 Å². The Bertz CT molecular complexity index is 6150. The van der Waals surface area contributed by atoms with Gasteiger partial charge in [0.25, 0.3) is 6.71 Å². The second-order valence-electron chi connectivity index (χ2n) is 31.3. The fraction of sp³-hybridized carbons (Fsp3) is 0.134. The Morgan fingerprint density at radius 3 is 1.39 bits per heavy atom. The van der Waals surface area contributed by atoms with E-state index in [0.29, 0.717) is 10.6 Å². The molecule has 490 valence electrons. The quantitative estimate of drug-likeness (QED) is 0.147. The molecular weight excluding hydrogens is 1270 g/mol. The van der Waals surface area contributed by atoms with Crippen molar-refractivity contribution in [2.24, 2.45) is 0 Å². The van der Waals surface area contributed by atoms with Crippen LogP contribution in [0.15, 0.2) is 297 Å². The third kappa shape index (κ3) is 9.38. The highest BCUT2D eigenvalue weighted by Crippen LogP contribution is 2.65. The first kappa shape index (κ1) is 56.9. The first-order chi connectivity index (χ1) is 51.5. The zero-order valence-corrected chi connectivity index (χ0v) is 60.2. The molecule has 0 amide bonds. The van der Waals surface area contributed by atoms with Crippen molar-refractivity contribution in [2.45, 2.75) is 84.0 Å². The molecule has 102 heavy (non-hydrogen) atoms. The van der Waals surface area contributed by atoms with Crippen LogP contribution < -0.4 is 26.2 Å². The van der Waals surface area contributed by atoms with Gasteiger partial charge in [-0.05, 0) is 175 Å². The third-order valence-electron chi connectivity index (χ3n) is 22.2. The molecule has 0 radical (unpaired) electrons. The number of hydrogen-bond acceptors (Lipinski definition) is 3. The van der Waals surface area contributed by atoms with E-state index in [4.69, 9.17) is 15.7 Å². The molecule has 15 aromatic rings. The van der Waals surface area contributed by atoms with Crippen molar-refractivity contribution in [1.29, 1.82) is 0 Å². The molecule has 2 nitrogen and oxygen atoms in total. The molecule has 0 saturated heterocycles. The monoisotopic (exact) mass is 1350 g/mol. The lowest BCUT2D eigenvalue weighted by Gasteiger charge is -2.45. The minimum Gasteiger partial charge on any atom is -0.310 e. The number of rotatable bonds is 7. The molecular formula is C97H76BClN2S. The molecule has 0 unspecified atom stereocenters. The fourth-order valence-corrected chi connectivity index (χ4v) is 18.9. The lowest BCUT2D eigenvalue weighted by molar-refractivity contribution is 0.569. The minimum atomic E-state index is -0.519. The highest BCUT2D eigenvalue weighted by molar-refractivity contribution is 7.27. The smallest absolute Gasteiger partial charge is 0.252 e. The number of anilines is 6. The molecule has 14 aromatic carbocycles. The fourth-order valence-electron chi connectivity index (χ4n) is 17.4. The van der Waals surface area contributed by atoms with Gasteiger partial charge >= 0.3 is 0 Å². The average Bonchev–Trinajstić information content (AvgIpc) is 1.55. The van der Waals surface area contributed by atoms with Crippen LogP contribution in [-0.4, -0.2) is 6.71 Å². The standard InChI is InChI=1S/C97H76BClN2S/c1-94(2,3)65-50-64(51-66(54-65)95(4,5)6)63-47-49-83-86(53-63)101(91-76(60-30-15-11-16-31-60)55-67(96(7,8)9)56-77(91)61-32-17-12-18-33-61)88-58-68(99)57-87-90(88)98(83)82-48-46-62(59-28-13-10-14-29-59)52-85(82)100(87)84-45-27-40-74-73-39-25-38-72(92(73)102-93(74)84)71-37-26-44-81-89(71)75-36-21-24-43-80(75)97(81)78-41-22-19-34-69(78)70-35-20-23-42-79(70)97/h10-58H,1-9H3/i10D,13D,14D,28D,29D. The molecule has 0 fully saturated rings. The van der Waals surface area contributed by atoms with E-state index in [-0.39, 0.29) is 46.0 Å². The van der Waals surface area contributed by atoms with Crippen molar-refractivity contribution >= 4 is 100 Å². The predicted molar refractivity (Wildman–Crippen MR) is 438 cm³/mol. The van der Waals surface area contributed by atoms with E-state index >= 15 is 0 Å². The van der Waals surface area contributed by atoms with Crippen LogP contribution in [0.3, 0.4) is 0 Å². The normalized spacial score (nSPS) is 14.5. The van der Waals surface area contributed by atoms with Gasteiger partial charge in [-0.25, -0.2) is 0 Å². The molecule has 5 heteroatoms. The van der Waals surface area contributed by atoms with E-state index in [2.05, 4.69) is 333 Å². The summed E-state index contributed by atoms with van der Waals surface area (Å²) in [5.74, 6) is 0. The van der Waals surface area contributed by atoms with E-state index in [1.54, 1.807) is 11.3 Å². The van der Waals surface area contributed by atoms with Gasteiger partial charge in [-0.1, -0.05) is 329 Å². The van der Waals surface area contributed by atoms with E-state index < -0.39 is 18.2 Å². The highest BCUT2D eigenvalue weighted by atomic mass is 35.5. The Hall–Kier alpha value is -10.7. The number of benzene rings is 14. The summed E-state index contributed by atoms with van der Waals surface area (Å²) in [4.78, 5) is 4.92. The molecule has 0 N–H and O–H groups in total. The summed E-state index contributed by atoms with van der Waals surface area (Å²) >= 11 is 9.85. The Kier molecular flexibility index (Phi) is 12.8. The summed E-state index contributed by atoms with van der Waals surface area (Å²) in [6, 6.07) is 97.0. The number of thiophene rings is 1. The second-order valence-corrected chi connectivity index (χ2v) is 32.7. The summed E-state index contributed by atoms with van der Waals surface area (Å²) in [5, 5.41) is 2.76. The number of nitrogens with zero attached hydrogens (tertiary/aromatic N) is 2. The molecule has 1 spiro atoms. The van der Waals surface area contributed by atoms with Crippen LogP contribution >= 0.6 is 22.9 Å². The van der Waals surface area contributed by atoms with Crippen molar-refractivity contribution in [3.05, 3.63) is 341 Å². The summed E-state index contributed by atoms with van der Waals surface area (Å²) in [5.41, 5.74) is 31.0. The van der Waals surface area contributed by atoms with Gasteiger partial charge in [0, 0.05) is 59.9 Å². The van der Waals surface area contributed by atoms with Gasteiger partial charge < -0.3 is 9.80 Å². The topological polar surface area (TPSA) is 6.48 Å². The van der Waals surface area contributed by atoms with Gasteiger partial charge in [-0.15, -0.1) is 11.3 Å². The van der Waals surface area contributed by atoms with Crippen molar-refractivity contribution in [1.82, 2.24) is 0 Å². The van der Waals surface area contributed by atoms with Crippen LogP contribution in [0.5, 0.6) is 0 Å². The Labute approximate surface area is 616 Å². The largest absolute Gasteiger partial charge is 0.310 e. The first-order valence-corrected chi connectivity index (χ1v) is 36.8. The van der Waals surface area contributed by atoms with Crippen molar-refractivity contribution in [2.75, 3.05) is 9.80 Å². The van der Waals surface area contributed by atoms with Crippen LogP contribution in [0, 0.1) is 0 Å². The number of hydrogen-bond donors (Lipinski definition) is 0. The molecule has 2 aliphatic heterocycles. The molecule has 2 aliphatic carbocycles. The molecule has 0 saturated carbocycles. The van der Waals surface area contributed by atoms with Crippen molar-refractivity contribution in [3.8, 4) is 77.9 Å². The maximum Gasteiger partial charge on any atom is 0.252 e. The van der Waals surface area contributed by atoms with Gasteiger partial charge in [0.1, 0.15) is 0 Å². The molecule has 1 aromatic heterocycles. The van der Waals surface area contributed by atoms with Crippen LogP contribution in [0.25, 0.3) is 98.1 Å². The second kappa shape index (κ2) is 22.9. The van der Waals surface area contributed by atoms with Crippen LogP contribution in [0.2, 0.25) is 5.02 Å². The Morgan fingerprint density at radius 1 is 0.343 bits per heavy atom. The van der Waals surface area contributed by atoms with E-state index in [1.165, 1.54) is 66.8 Å². The van der Waals surface area contributed by atoms with E-state index in [1.807, 2.05) is 6.07 Å². The van der Waals surface area contributed by atoms with E-state index in [9.17, 15) is 2.74 Å². The molecule has 3 heterocycles. The van der Waals surface area contributed by atoms with Crippen LogP contribution in [0.1, 0.15) is 108 Å². The molecule has 4 aliphatic rings. The summed E-state index contributed by atoms with van der Waals surface area (Å²) in [6.45, 7) is 20.3. The summed E-state index contributed by atoms with van der Waals surface area (Å²) in [6.07, 6.45) is 0. The number of halogens is 1. The van der Waals surface area contributed by atoms with Crippen LogP contribution in [-0.2, 0) is 21.7 Å². The van der Waals surface area contributed by atoms with Crippen LogP contribution in [0.4, 0.5) is 34.1 Å². The van der Waals surface area contributed by atoms with Crippen molar-refractivity contribution < 1.29 is 6.85 Å². The maximum absolute atomic E-state index is 9.53. The minimum absolute atomic E-state index is 0.136. The first-order valence-electron chi connectivity index (χ1n) is 38.1. The van der Waals surface area contributed by atoms with E-state index in [0.717, 1.165) is 110 Å². The van der Waals surface area contributed by atoms with Crippen molar-refractivity contribution in [3.63, 3.8) is 0 Å². The SMILES string of the molecule is [2H]c1c([2H])c([2H])c(-c2ccc3c(c2)N(c2cccc4c2sc2c(-c5cccc6c5-c5ccccc5C65c6ccccc6-c6ccccc65)cccc24)c2cc(Cl)cc4c2B3c2ccc(-c3cc(C(C)(C)C)cc(C(C)(C)C)c3)cc2N4c2c(-c3ccccc3)cc(C(C)(C)C)cc2-c2ccccc2)c([2H])c1[2H]. The van der Waals surface area contributed by atoms with Gasteiger partial charge in [0.15, 0.2) is 0 Å². The molecule has 0 bridgehead atoms. The Morgan fingerprint density at radius 2 is 0.804 bits per heavy atom. The summed E-state index contributed by atoms with van der Waals surface area (Å²) in [7, 11) is 0. The molecule has 19 rings (SSSR count). The summed E-state index contributed by atoms with van der Waals surface area (Å²) < 4.78 is 48.1. The zero-order chi connectivity index (χ0) is 73.6. The van der Waals surface area contributed by atoms with Gasteiger partial charge in [-0.3, -0.25) is 0 Å². The van der Waals surface area contributed by atoms with Gasteiger partial charge in [-0.2, -0.15) is 0 Å². The zero-order valence-electron chi connectivity index (χ0n) is 63.7. The third-order valence-corrected chi connectivity index (χ3v) is 23.7. The van der Waals surface area contributed by atoms with Gasteiger partial charge in [0.2, 0.25) is 0 Å². The lowest BCUT2D eigenvalue weighted by Crippen LogP contribution is -2.61. The predicted octanol–water partition coefficient (Wildman–Crippen LogP) is 25.4. The highest BCUT2D eigenvalue weighted by Gasteiger charge is 2.52.